The Labute approximate surface area is 242 Å². The molecule has 0 saturated carbocycles. The summed E-state index contributed by atoms with van der Waals surface area (Å²) in [6.45, 7) is 10.6. The molecule has 2 aromatic carbocycles. The molecule has 0 radical (unpaired) electrons. The maximum atomic E-state index is 12.9. The van der Waals surface area contributed by atoms with Crippen molar-refractivity contribution in [3.05, 3.63) is 59.7 Å². The van der Waals surface area contributed by atoms with E-state index in [1.54, 1.807) is 7.11 Å². The highest BCUT2D eigenvalue weighted by molar-refractivity contribution is 8.01. The van der Waals surface area contributed by atoms with Crippen molar-refractivity contribution in [3.63, 3.8) is 0 Å². The van der Waals surface area contributed by atoms with Crippen molar-refractivity contribution in [2.24, 2.45) is 5.10 Å². The van der Waals surface area contributed by atoms with Crippen LogP contribution in [0.15, 0.2) is 58.5 Å². The molecule has 41 heavy (non-hydrogen) atoms. The molecule has 1 aliphatic heterocycles. The quantitative estimate of drug-likeness (QED) is 0.242. The van der Waals surface area contributed by atoms with Gasteiger partial charge < -0.3 is 14.2 Å². The van der Waals surface area contributed by atoms with Gasteiger partial charge in [-0.15, -0.1) is 16.9 Å². The van der Waals surface area contributed by atoms with E-state index in [0.29, 0.717) is 19.7 Å². The Hall–Kier alpha value is -3.09. The number of nitrogens with zero attached hydrogens (tertiary/aromatic N) is 3. The molecular formula is C29H36F3N3O5S. The molecule has 0 unspecified atom stereocenters. The summed E-state index contributed by atoms with van der Waals surface area (Å²) >= 11 is 1.42. The van der Waals surface area contributed by atoms with Crippen LogP contribution in [0.25, 0.3) is 0 Å². The third-order valence-electron chi connectivity index (χ3n) is 5.81. The first-order valence-electron chi connectivity index (χ1n) is 13.0. The van der Waals surface area contributed by atoms with Crippen LogP contribution in [0, 0.1) is 0 Å². The summed E-state index contributed by atoms with van der Waals surface area (Å²) in [6, 6.07) is 12.1. The molecule has 0 aromatic heterocycles. The van der Waals surface area contributed by atoms with Crippen LogP contribution < -0.4 is 5.01 Å². The molecule has 1 aliphatic rings. The number of rotatable bonds is 11. The zero-order chi connectivity index (χ0) is 30.4. The van der Waals surface area contributed by atoms with E-state index < -0.39 is 28.0 Å². The number of esters is 1. The lowest BCUT2D eigenvalue weighted by Gasteiger charge is -2.28. The maximum Gasteiger partial charge on any atom is 0.416 e. The first-order valence-corrected chi connectivity index (χ1v) is 13.8. The van der Waals surface area contributed by atoms with Crippen molar-refractivity contribution in [2.75, 3.05) is 38.4 Å². The number of alkyl halides is 3. The fraction of sp³-hybridized carbons (Fsp3) is 0.483. The molecule has 224 valence electrons. The summed E-state index contributed by atoms with van der Waals surface area (Å²) in [5.41, 5.74) is -0.171. The van der Waals surface area contributed by atoms with Crippen LogP contribution in [0.3, 0.4) is 0 Å². The van der Waals surface area contributed by atoms with Gasteiger partial charge in [0.1, 0.15) is 10.3 Å². The number of ether oxygens (including phenoxy) is 3. The molecule has 0 N–H and O–H groups in total. The van der Waals surface area contributed by atoms with Gasteiger partial charge in [0, 0.05) is 25.1 Å². The van der Waals surface area contributed by atoms with Gasteiger partial charge >= 0.3 is 12.1 Å². The van der Waals surface area contributed by atoms with Crippen LogP contribution in [0.4, 0.5) is 18.9 Å². The SMILES string of the molecule is COCCN(CC1=NN(c2ccc(C(F)(F)F)cc2)C(=O)CO1)Cc1ccc(SC(C)(C)C(=O)OC(C)(C)C)cc1. The number of hydrogen-bond acceptors (Lipinski definition) is 8. The van der Waals surface area contributed by atoms with E-state index in [-0.39, 0.29) is 30.7 Å². The minimum Gasteiger partial charge on any atom is -0.469 e. The molecule has 0 aliphatic carbocycles. The van der Waals surface area contributed by atoms with Gasteiger partial charge in [0.05, 0.1) is 24.4 Å². The van der Waals surface area contributed by atoms with Crippen LogP contribution in [0.1, 0.15) is 45.7 Å². The lowest BCUT2D eigenvalue weighted by molar-refractivity contribution is -0.156. The van der Waals surface area contributed by atoms with Crippen molar-refractivity contribution in [1.82, 2.24) is 4.90 Å². The summed E-state index contributed by atoms with van der Waals surface area (Å²) < 4.78 is 54.4. The summed E-state index contributed by atoms with van der Waals surface area (Å²) in [4.78, 5) is 28.0. The third kappa shape index (κ3) is 9.75. The first kappa shape index (κ1) is 32.4. The number of hydrazone groups is 1. The smallest absolute Gasteiger partial charge is 0.416 e. The molecule has 3 rings (SSSR count). The fourth-order valence-corrected chi connectivity index (χ4v) is 4.74. The lowest BCUT2D eigenvalue weighted by Crippen LogP contribution is -2.41. The predicted molar refractivity (Wildman–Crippen MR) is 152 cm³/mol. The van der Waals surface area contributed by atoms with Crippen LogP contribution in [-0.4, -0.2) is 66.4 Å². The van der Waals surface area contributed by atoms with Crippen molar-refractivity contribution >= 4 is 35.2 Å². The molecule has 0 spiro atoms. The van der Waals surface area contributed by atoms with Gasteiger partial charge in [-0.1, -0.05) is 12.1 Å². The summed E-state index contributed by atoms with van der Waals surface area (Å²) in [7, 11) is 1.59. The standard InChI is InChI=1S/C29H36F3N3O5S/c1-27(2,3)40-26(37)28(4,5)41-23-13-7-20(8-14-23)17-34(15-16-38-6)18-24-33-35(25(36)19-39-24)22-11-9-21(10-12-22)29(30,31)32/h7-14H,15-19H2,1-6H3. The Balaban J connectivity index is 1.70. The Bertz CT molecular complexity index is 1230. The zero-order valence-electron chi connectivity index (χ0n) is 24.1. The average molecular weight is 596 g/mol. The molecule has 12 heteroatoms. The monoisotopic (exact) mass is 595 g/mol. The highest BCUT2D eigenvalue weighted by Crippen LogP contribution is 2.35. The van der Waals surface area contributed by atoms with Gasteiger partial charge in [0.25, 0.3) is 5.91 Å². The van der Waals surface area contributed by atoms with E-state index in [0.717, 1.165) is 27.6 Å². The number of benzene rings is 2. The molecule has 0 atom stereocenters. The van der Waals surface area contributed by atoms with Gasteiger partial charge in [0.2, 0.25) is 5.90 Å². The van der Waals surface area contributed by atoms with E-state index in [1.165, 1.54) is 23.9 Å². The molecule has 1 heterocycles. The molecule has 2 aromatic rings. The van der Waals surface area contributed by atoms with E-state index in [9.17, 15) is 22.8 Å². The third-order valence-corrected chi connectivity index (χ3v) is 7.00. The molecule has 1 amide bonds. The number of carbonyl (C=O) groups excluding carboxylic acids is 2. The van der Waals surface area contributed by atoms with E-state index in [4.69, 9.17) is 14.2 Å². The van der Waals surface area contributed by atoms with E-state index >= 15 is 0 Å². The summed E-state index contributed by atoms with van der Waals surface area (Å²) in [5.74, 6) is -0.520. The van der Waals surface area contributed by atoms with Crippen LogP contribution in [0.2, 0.25) is 0 Å². The Kier molecular flexibility index (Phi) is 10.5. The normalized spacial score (nSPS) is 14.6. The number of halogens is 3. The van der Waals surface area contributed by atoms with Gasteiger partial charge in [-0.05, 0) is 76.6 Å². The fourth-order valence-electron chi connectivity index (χ4n) is 3.76. The largest absolute Gasteiger partial charge is 0.469 e. The predicted octanol–water partition coefficient (Wildman–Crippen LogP) is 5.74. The van der Waals surface area contributed by atoms with Crippen molar-refractivity contribution < 1.29 is 37.0 Å². The summed E-state index contributed by atoms with van der Waals surface area (Å²) in [5, 5.41) is 5.34. The number of thioether (sulfide) groups is 1. The molecule has 0 fully saturated rings. The van der Waals surface area contributed by atoms with E-state index in [2.05, 4.69) is 5.10 Å². The minimum atomic E-state index is -4.48. The molecular weight excluding hydrogens is 559 g/mol. The van der Waals surface area contributed by atoms with Gasteiger partial charge in [-0.3, -0.25) is 14.5 Å². The Morgan fingerprint density at radius 3 is 2.22 bits per heavy atom. The number of carbonyl (C=O) groups is 2. The Morgan fingerprint density at radius 2 is 1.66 bits per heavy atom. The molecule has 0 bridgehead atoms. The molecule has 0 saturated heterocycles. The lowest BCUT2D eigenvalue weighted by atomic mass is 10.1. The molecule has 8 nitrogen and oxygen atoms in total. The second-order valence-corrected chi connectivity index (χ2v) is 12.7. The number of hydrogen-bond donors (Lipinski definition) is 0. The van der Waals surface area contributed by atoms with Crippen LogP contribution in [0.5, 0.6) is 0 Å². The van der Waals surface area contributed by atoms with E-state index in [1.807, 2.05) is 63.8 Å². The minimum absolute atomic E-state index is 0.217. The number of methoxy groups -OCH3 is 1. The van der Waals surface area contributed by atoms with Crippen molar-refractivity contribution in [3.8, 4) is 0 Å². The van der Waals surface area contributed by atoms with Gasteiger partial charge in [0.15, 0.2) is 6.61 Å². The highest BCUT2D eigenvalue weighted by atomic mass is 32.2. The topological polar surface area (TPSA) is 80.7 Å². The average Bonchev–Trinajstić information content (AvgIpc) is 2.88. The highest BCUT2D eigenvalue weighted by Gasteiger charge is 2.34. The second-order valence-electron chi connectivity index (χ2n) is 11.0. The van der Waals surface area contributed by atoms with Gasteiger partial charge in [-0.2, -0.15) is 18.2 Å². The van der Waals surface area contributed by atoms with Crippen LogP contribution in [-0.2, 0) is 36.5 Å². The second kappa shape index (κ2) is 13.3. The Morgan fingerprint density at radius 1 is 1.02 bits per heavy atom. The number of amides is 1. The first-order chi connectivity index (χ1) is 19.1. The van der Waals surface area contributed by atoms with Crippen molar-refractivity contribution in [1.29, 1.82) is 0 Å². The zero-order valence-corrected chi connectivity index (χ0v) is 24.9. The maximum absolute atomic E-state index is 12.9. The number of anilines is 1. The summed E-state index contributed by atoms with van der Waals surface area (Å²) in [6.07, 6.45) is -4.48. The van der Waals surface area contributed by atoms with Crippen LogP contribution >= 0.6 is 11.8 Å². The van der Waals surface area contributed by atoms with Crippen molar-refractivity contribution in [2.45, 2.75) is 62.6 Å². The van der Waals surface area contributed by atoms with Gasteiger partial charge in [-0.25, -0.2) is 0 Å².